The van der Waals surface area contributed by atoms with Gasteiger partial charge in [0, 0.05) is 26.4 Å². The van der Waals surface area contributed by atoms with Gasteiger partial charge >= 0.3 is 12.0 Å². The summed E-state index contributed by atoms with van der Waals surface area (Å²) in [5.74, 6) is -1.28. The highest BCUT2D eigenvalue weighted by Crippen LogP contribution is 1.93. The predicted octanol–water partition coefficient (Wildman–Crippen LogP) is -1.34. The van der Waals surface area contributed by atoms with Crippen LogP contribution in [0.15, 0.2) is 6.20 Å². The monoisotopic (exact) mass is 319 g/mol. The van der Waals surface area contributed by atoms with E-state index < -0.39 is 21.8 Å². The number of amides is 2. The molecule has 118 valence electrons. The van der Waals surface area contributed by atoms with Gasteiger partial charge in [-0.2, -0.15) is 0 Å². The molecule has 2 amide bonds. The summed E-state index contributed by atoms with van der Waals surface area (Å²) in [6.07, 6.45) is 2.35. The first kappa shape index (κ1) is 16.9. The molecular weight excluding hydrogens is 302 g/mol. The Morgan fingerprint density at radius 1 is 1.48 bits per heavy atom. The fourth-order valence-electron chi connectivity index (χ4n) is 1.32. The quantitative estimate of drug-likeness (QED) is 0.635. The van der Waals surface area contributed by atoms with Crippen LogP contribution in [0.5, 0.6) is 0 Å². The van der Waals surface area contributed by atoms with Gasteiger partial charge in [-0.15, -0.1) is 5.10 Å². The molecule has 0 saturated carbocycles. The summed E-state index contributed by atoms with van der Waals surface area (Å²) in [6, 6.07) is -0.419. The largest absolute Gasteiger partial charge is 0.476 e. The molecule has 10 nitrogen and oxygen atoms in total. The number of hydrogen-bond donors (Lipinski definition) is 2. The van der Waals surface area contributed by atoms with E-state index in [2.05, 4.69) is 15.6 Å². The topological polar surface area (TPSA) is 134 Å². The van der Waals surface area contributed by atoms with Crippen molar-refractivity contribution in [2.75, 3.05) is 32.1 Å². The Balaban J connectivity index is 2.33. The van der Waals surface area contributed by atoms with Crippen LogP contribution in [0.4, 0.5) is 4.79 Å². The minimum atomic E-state index is -3.12. The third-order valence-corrected chi connectivity index (χ3v) is 3.44. The Hall–Kier alpha value is -2.17. The van der Waals surface area contributed by atoms with Crippen LogP contribution in [-0.2, 0) is 16.4 Å². The van der Waals surface area contributed by atoms with E-state index in [9.17, 15) is 18.0 Å². The van der Waals surface area contributed by atoms with Crippen LogP contribution >= 0.6 is 0 Å². The molecule has 0 bridgehead atoms. The van der Waals surface area contributed by atoms with Gasteiger partial charge in [-0.05, 0) is 0 Å². The Labute approximate surface area is 121 Å². The maximum absolute atomic E-state index is 11.6. The van der Waals surface area contributed by atoms with E-state index in [-0.39, 0.29) is 31.1 Å². The van der Waals surface area contributed by atoms with Crippen LogP contribution in [0, 0.1) is 0 Å². The highest BCUT2D eigenvalue weighted by Gasteiger charge is 2.11. The van der Waals surface area contributed by atoms with Gasteiger partial charge in [-0.25, -0.2) is 22.7 Å². The van der Waals surface area contributed by atoms with Gasteiger partial charge < -0.3 is 15.3 Å². The molecule has 1 heterocycles. The minimum Gasteiger partial charge on any atom is -0.476 e. The molecule has 0 unspecified atom stereocenters. The summed E-state index contributed by atoms with van der Waals surface area (Å²) < 4.78 is 23.3. The van der Waals surface area contributed by atoms with E-state index in [0.29, 0.717) is 0 Å². The zero-order chi connectivity index (χ0) is 16.0. The van der Waals surface area contributed by atoms with Crippen molar-refractivity contribution >= 4 is 21.8 Å². The van der Waals surface area contributed by atoms with E-state index >= 15 is 0 Å². The molecule has 0 saturated heterocycles. The van der Waals surface area contributed by atoms with Crippen molar-refractivity contribution in [3.63, 3.8) is 0 Å². The first-order valence-electron chi connectivity index (χ1n) is 5.99. The van der Waals surface area contributed by atoms with Crippen LogP contribution in [0.2, 0.25) is 0 Å². The first-order chi connectivity index (χ1) is 9.69. The lowest BCUT2D eigenvalue weighted by atomic mass is 10.5. The standard InChI is InChI=1S/C10H17N5O5S/c1-14(5-6-21(2,19)20)10(18)11-3-4-15-7-8(9(16)17)12-13-15/h7H,3-6H2,1-2H3,(H,11,18)(H,16,17). The molecule has 2 N–H and O–H groups in total. The van der Waals surface area contributed by atoms with Crippen LogP contribution in [-0.4, -0.2) is 77.6 Å². The molecule has 1 aromatic heterocycles. The molecule has 0 radical (unpaired) electrons. The van der Waals surface area contributed by atoms with E-state index in [1.54, 1.807) is 0 Å². The Kier molecular flexibility index (Phi) is 5.64. The third-order valence-electron chi connectivity index (χ3n) is 2.52. The minimum absolute atomic E-state index is 0.0944. The molecule has 0 aliphatic carbocycles. The number of carbonyl (C=O) groups is 2. The molecule has 0 atom stereocenters. The van der Waals surface area contributed by atoms with Crippen molar-refractivity contribution in [2.24, 2.45) is 0 Å². The molecule has 1 rings (SSSR count). The van der Waals surface area contributed by atoms with Gasteiger partial charge in [0.25, 0.3) is 0 Å². The van der Waals surface area contributed by atoms with Crippen LogP contribution in [0.25, 0.3) is 0 Å². The van der Waals surface area contributed by atoms with Crippen LogP contribution < -0.4 is 5.32 Å². The Bertz CT molecular complexity index is 611. The second-order valence-corrected chi connectivity index (χ2v) is 6.72. The zero-order valence-corrected chi connectivity index (χ0v) is 12.5. The van der Waals surface area contributed by atoms with Gasteiger partial charge in [-0.3, -0.25) is 0 Å². The summed E-state index contributed by atoms with van der Waals surface area (Å²) in [7, 11) is -1.64. The van der Waals surface area contributed by atoms with Crippen molar-refractivity contribution in [2.45, 2.75) is 6.54 Å². The van der Waals surface area contributed by atoms with Crippen molar-refractivity contribution in [1.29, 1.82) is 0 Å². The number of hydrogen-bond acceptors (Lipinski definition) is 6. The van der Waals surface area contributed by atoms with Gasteiger partial charge in [-0.1, -0.05) is 5.21 Å². The van der Waals surface area contributed by atoms with E-state index in [0.717, 1.165) is 6.26 Å². The smallest absolute Gasteiger partial charge is 0.358 e. The lowest BCUT2D eigenvalue weighted by Crippen LogP contribution is -2.40. The van der Waals surface area contributed by atoms with E-state index in [1.807, 2.05) is 0 Å². The molecule has 0 aliphatic heterocycles. The average molecular weight is 319 g/mol. The number of carboxylic acids is 1. The number of urea groups is 1. The fraction of sp³-hybridized carbons (Fsp3) is 0.600. The lowest BCUT2D eigenvalue weighted by molar-refractivity contribution is 0.0690. The number of carbonyl (C=O) groups excluding carboxylic acids is 1. The van der Waals surface area contributed by atoms with Gasteiger partial charge in [0.1, 0.15) is 9.84 Å². The number of rotatable bonds is 7. The third kappa shape index (κ3) is 6.21. The summed E-state index contributed by atoms with van der Waals surface area (Å²) >= 11 is 0. The molecule has 0 aliphatic rings. The molecule has 21 heavy (non-hydrogen) atoms. The normalized spacial score (nSPS) is 11.1. The number of carboxylic acid groups (broad SMARTS) is 1. The van der Waals surface area contributed by atoms with Crippen molar-refractivity contribution in [3.05, 3.63) is 11.9 Å². The average Bonchev–Trinajstić information content (AvgIpc) is 2.83. The number of sulfone groups is 1. The molecule has 0 spiro atoms. The lowest BCUT2D eigenvalue weighted by Gasteiger charge is -2.17. The van der Waals surface area contributed by atoms with Gasteiger partial charge in [0.15, 0.2) is 5.69 Å². The van der Waals surface area contributed by atoms with Crippen molar-refractivity contribution in [3.8, 4) is 0 Å². The number of nitrogens with one attached hydrogen (secondary N) is 1. The number of aromatic nitrogens is 3. The zero-order valence-electron chi connectivity index (χ0n) is 11.7. The summed E-state index contributed by atoms with van der Waals surface area (Å²) in [5.41, 5.74) is -0.174. The van der Waals surface area contributed by atoms with Crippen LogP contribution in [0.3, 0.4) is 0 Å². The fourth-order valence-corrected chi connectivity index (χ4v) is 1.93. The maximum Gasteiger partial charge on any atom is 0.358 e. The van der Waals surface area contributed by atoms with E-state index in [4.69, 9.17) is 5.11 Å². The highest BCUT2D eigenvalue weighted by atomic mass is 32.2. The number of aromatic carboxylic acids is 1. The number of nitrogens with zero attached hydrogens (tertiary/aromatic N) is 4. The molecule has 0 fully saturated rings. The molecule has 0 aromatic carbocycles. The van der Waals surface area contributed by atoms with Crippen molar-refractivity contribution in [1.82, 2.24) is 25.2 Å². The summed E-state index contributed by atoms with van der Waals surface area (Å²) in [5, 5.41) is 18.2. The van der Waals surface area contributed by atoms with E-state index in [1.165, 1.54) is 22.8 Å². The predicted molar refractivity (Wildman–Crippen MR) is 72.7 cm³/mol. The van der Waals surface area contributed by atoms with Crippen LogP contribution in [0.1, 0.15) is 10.5 Å². The molecule has 11 heteroatoms. The summed E-state index contributed by atoms with van der Waals surface area (Å²) in [4.78, 5) is 23.5. The Morgan fingerprint density at radius 2 is 2.14 bits per heavy atom. The second-order valence-electron chi connectivity index (χ2n) is 4.46. The van der Waals surface area contributed by atoms with Crippen molar-refractivity contribution < 1.29 is 23.1 Å². The Morgan fingerprint density at radius 3 is 2.67 bits per heavy atom. The van der Waals surface area contributed by atoms with Gasteiger partial charge in [0.2, 0.25) is 0 Å². The first-order valence-corrected chi connectivity index (χ1v) is 8.05. The van der Waals surface area contributed by atoms with Gasteiger partial charge in [0.05, 0.1) is 18.5 Å². The summed E-state index contributed by atoms with van der Waals surface area (Å²) in [6.45, 7) is 0.563. The SMILES string of the molecule is CN(CCS(C)(=O)=O)C(=O)NCCn1cc(C(=O)O)nn1. The maximum atomic E-state index is 11.6. The highest BCUT2D eigenvalue weighted by molar-refractivity contribution is 7.90. The second kappa shape index (κ2) is 7.02. The molecular formula is C10H17N5O5S. The molecule has 1 aromatic rings.